The van der Waals surface area contributed by atoms with Gasteiger partial charge in [0.1, 0.15) is 6.61 Å². The second-order valence-corrected chi connectivity index (χ2v) is 4.27. The standard InChI is InChI=1S/C12H12N2O2/c1-12(2)7-16-11(14-12)9-4-3-5-10(6-9)13-8-15/h3-6H,7H2,1-2H3. The number of ether oxygens (including phenoxy) is 1. The van der Waals surface area contributed by atoms with Gasteiger partial charge in [-0.05, 0) is 32.0 Å². The van der Waals surface area contributed by atoms with E-state index in [1.54, 1.807) is 12.1 Å². The largest absolute Gasteiger partial charge is 0.475 e. The molecule has 1 aromatic rings. The van der Waals surface area contributed by atoms with Crippen molar-refractivity contribution >= 4 is 17.7 Å². The zero-order valence-corrected chi connectivity index (χ0v) is 9.23. The molecule has 0 saturated carbocycles. The zero-order valence-electron chi connectivity index (χ0n) is 9.23. The van der Waals surface area contributed by atoms with Crippen molar-refractivity contribution in [2.45, 2.75) is 19.4 Å². The fourth-order valence-corrected chi connectivity index (χ4v) is 1.49. The Labute approximate surface area is 93.7 Å². The minimum atomic E-state index is -0.181. The highest BCUT2D eigenvalue weighted by Gasteiger charge is 2.26. The van der Waals surface area contributed by atoms with Crippen LogP contribution in [0.4, 0.5) is 5.69 Å². The Hall–Kier alpha value is -1.93. The molecule has 0 fully saturated rings. The highest BCUT2D eigenvalue weighted by Crippen LogP contribution is 2.22. The van der Waals surface area contributed by atoms with E-state index in [9.17, 15) is 4.79 Å². The van der Waals surface area contributed by atoms with Crippen molar-refractivity contribution < 1.29 is 9.53 Å². The summed E-state index contributed by atoms with van der Waals surface area (Å²) in [4.78, 5) is 18.2. The van der Waals surface area contributed by atoms with Gasteiger partial charge in [-0.2, -0.15) is 4.99 Å². The molecule has 1 heterocycles. The Bertz CT molecular complexity index is 486. The number of hydrogen-bond donors (Lipinski definition) is 0. The number of benzene rings is 1. The molecule has 0 aromatic heterocycles. The van der Waals surface area contributed by atoms with Crippen molar-refractivity contribution in [3.63, 3.8) is 0 Å². The normalized spacial score (nSPS) is 17.2. The van der Waals surface area contributed by atoms with Crippen LogP contribution in [0, 0.1) is 0 Å². The van der Waals surface area contributed by atoms with Crippen LogP contribution in [0.1, 0.15) is 19.4 Å². The number of carbonyl (C=O) groups excluding carboxylic acids is 1. The first-order valence-corrected chi connectivity index (χ1v) is 5.02. The molecule has 0 amide bonds. The second kappa shape index (κ2) is 3.91. The lowest BCUT2D eigenvalue weighted by Crippen LogP contribution is -2.17. The molecular weight excluding hydrogens is 204 g/mol. The molecule has 1 aliphatic rings. The van der Waals surface area contributed by atoms with Crippen molar-refractivity contribution in [2.24, 2.45) is 9.98 Å². The van der Waals surface area contributed by atoms with E-state index in [2.05, 4.69) is 9.98 Å². The van der Waals surface area contributed by atoms with E-state index in [1.807, 2.05) is 26.0 Å². The van der Waals surface area contributed by atoms with Crippen LogP contribution in [-0.4, -0.2) is 24.1 Å². The van der Waals surface area contributed by atoms with Crippen molar-refractivity contribution in [1.29, 1.82) is 0 Å². The van der Waals surface area contributed by atoms with Gasteiger partial charge >= 0.3 is 0 Å². The van der Waals surface area contributed by atoms with E-state index < -0.39 is 0 Å². The van der Waals surface area contributed by atoms with Crippen LogP contribution in [0.15, 0.2) is 34.3 Å². The molecule has 0 saturated heterocycles. The maximum atomic E-state index is 10.2. The third kappa shape index (κ3) is 2.18. The van der Waals surface area contributed by atoms with Gasteiger partial charge in [0.25, 0.3) is 0 Å². The summed E-state index contributed by atoms with van der Waals surface area (Å²) in [5.74, 6) is 0.605. The number of nitrogens with zero attached hydrogens (tertiary/aromatic N) is 2. The Morgan fingerprint density at radius 2 is 2.31 bits per heavy atom. The van der Waals surface area contributed by atoms with E-state index in [0.29, 0.717) is 18.2 Å². The third-order valence-electron chi connectivity index (χ3n) is 2.23. The Balaban J connectivity index is 2.35. The smallest absolute Gasteiger partial charge is 0.240 e. The molecule has 82 valence electrons. The highest BCUT2D eigenvalue weighted by molar-refractivity contribution is 5.96. The lowest BCUT2D eigenvalue weighted by Gasteiger charge is -2.07. The van der Waals surface area contributed by atoms with Crippen LogP contribution >= 0.6 is 0 Å². The van der Waals surface area contributed by atoms with Crippen LogP contribution in [0.2, 0.25) is 0 Å². The molecule has 0 aliphatic carbocycles. The first-order valence-electron chi connectivity index (χ1n) is 5.02. The average Bonchev–Trinajstić information content (AvgIpc) is 2.60. The first kappa shape index (κ1) is 10.6. The summed E-state index contributed by atoms with van der Waals surface area (Å²) in [6.07, 6.45) is 1.51. The Morgan fingerprint density at radius 1 is 1.50 bits per heavy atom. The topological polar surface area (TPSA) is 51.0 Å². The Kier molecular flexibility index (Phi) is 2.59. The molecule has 0 spiro atoms. The summed E-state index contributed by atoms with van der Waals surface area (Å²) in [5.41, 5.74) is 1.21. The van der Waals surface area contributed by atoms with Crippen LogP contribution in [0.5, 0.6) is 0 Å². The molecule has 0 unspecified atom stereocenters. The SMILES string of the molecule is CC1(C)COC(c2cccc(N=C=O)c2)=N1. The third-order valence-corrected chi connectivity index (χ3v) is 2.23. The summed E-state index contributed by atoms with van der Waals surface area (Å²) in [6, 6.07) is 7.17. The fourth-order valence-electron chi connectivity index (χ4n) is 1.49. The van der Waals surface area contributed by atoms with E-state index in [4.69, 9.17) is 4.74 Å². The summed E-state index contributed by atoms with van der Waals surface area (Å²) in [7, 11) is 0. The molecule has 0 bridgehead atoms. The maximum absolute atomic E-state index is 10.2. The van der Waals surface area contributed by atoms with Crippen LogP contribution in [0.25, 0.3) is 0 Å². The molecular formula is C12H12N2O2. The first-order chi connectivity index (χ1) is 7.61. The van der Waals surface area contributed by atoms with Gasteiger partial charge < -0.3 is 4.74 Å². The van der Waals surface area contributed by atoms with Crippen molar-refractivity contribution in [3.8, 4) is 0 Å². The van der Waals surface area contributed by atoms with Gasteiger partial charge in [0.05, 0.1) is 11.2 Å². The molecule has 1 aliphatic heterocycles. The van der Waals surface area contributed by atoms with Gasteiger partial charge in [-0.1, -0.05) is 6.07 Å². The molecule has 0 radical (unpaired) electrons. The van der Waals surface area contributed by atoms with Gasteiger partial charge in [-0.3, -0.25) is 0 Å². The maximum Gasteiger partial charge on any atom is 0.240 e. The molecule has 16 heavy (non-hydrogen) atoms. The summed E-state index contributed by atoms with van der Waals surface area (Å²) < 4.78 is 5.50. The molecule has 2 rings (SSSR count). The Morgan fingerprint density at radius 3 is 2.94 bits per heavy atom. The summed E-state index contributed by atoms with van der Waals surface area (Å²) >= 11 is 0. The number of hydrogen-bond acceptors (Lipinski definition) is 4. The average molecular weight is 216 g/mol. The number of rotatable bonds is 2. The van der Waals surface area contributed by atoms with E-state index in [0.717, 1.165) is 5.56 Å². The van der Waals surface area contributed by atoms with Crippen LogP contribution in [-0.2, 0) is 9.53 Å². The van der Waals surface area contributed by atoms with Crippen LogP contribution in [0.3, 0.4) is 0 Å². The zero-order chi connectivity index (χ0) is 11.6. The predicted molar refractivity (Wildman–Crippen MR) is 60.8 cm³/mol. The molecule has 0 atom stereocenters. The van der Waals surface area contributed by atoms with Gasteiger partial charge in [0.2, 0.25) is 12.0 Å². The summed E-state index contributed by atoms with van der Waals surface area (Å²) in [6.45, 7) is 4.59. The van der Waals surface area contributed by atoms with Gasteiger partial charge in [-0.15, -0.1) is 0 Å². The predicted octanol–water partition coefficient (Wildman–Crippen LogP) is 2.21. The number of isocyanates is 1. The molecule has 4 heteroatoms. The minimum absolute atomic E-state index is 0.181. The lowest BCUT2D eigenvalue weighted by molar-refractivity contribution is 0.279. The van der Waals surface area contributed by atoms with Crippen molar-refractivity contribution in [2.75, 3.05) is 6.61 Å². The molecule has 4 nitrogen and oxygen atoms in total. The minimum Gasteiger partial charge on any atom is -0.475 e. The van der Waals surface area contributed by atoms with Crippen molar-refractivity contribution in [3.05, 3.63) is 29.8 Å². The second-order valence-electron chi connectivity index (χ2n) is 4.27. The fraction of sp³-hybridized carbons (Fsp3) is 0.333. The van der Waals surface area contributed by atoms with E-state index in [-0.39, 0.29) is 5.54 Å². The monoisotopic (exact) mass is 216 g/mol. The lowest BCUT2D eigenvalue weighted by atomic mass is 10.1. The number of aliphatic imine (C=N–C) groups is 2. The van der Waals surface area contributed by atoms with Gasteiger partial charge in [0, 0.05) is 5.56 Å². The van der Waals surface area contributed by atoms with Gasteiger partial charge in [0.15, 0.2) is 0 Å². The highest BCUT2D eigenvalue weighted by atomic mass is 16.5. The quantitative estimate of drug-likeness (QED) is 0.562. The molecule has 1 aromatic carbocycles. The van der Waals surface area contributed by atoms with E-state index in [1.165, 1.54) is 6.08 Å². The van der Waals surface area contributed by atoms with Crippen molar-refractivity contribution in [1.82, 2.24) is 0 Å². The summed E-state index contributed by atoms with van der Waals surface area (Å²) in [5, 5.41) is 0. The van der Waals surface area contributed by atoms with Crippen LogP contribution < -0.4 is 0 Å². The molecule has 0 N–H and O–H groups in total. The van der Waals surface area contributed by atoms with E-state index >= 15 is 0 Å². The van der Waals surface area contributed by atoms with Gasteiger partial charge in [-0.25, -0.2) is 9.79 Å².